The molecule has 2 fully saturated rings. The van der Waals surface area contributed by atoms with Crippen LogP contribution in [0.5, 0.6) is 0 Å². The molecule has 4 aliphatic rings. The minimum absolute atomic E-state index is 0.0624. The lowest BCUT2D eigenvalue weighted by Gasteiger charge is -2.58. The van der Waals surface area contributed by atoms with Crippen molar-refractivity contribution in [2.75, 3.05) is 0 Å². The summed E-state index contributed by atoms with van der Waals surface area (Å²) in [6.07, 6.45) is 6.90. The summed E-state index contributed by atoms with van der Waals surface area (Å²) in [6, 6.07) is 0. The number of Topliss-reactive ketones (excluding diaryl/α,β-unsaturated/α-hetero) is 1. The van der Waals surface area contributed by atoms with Crippen molar-refractivity contribution in [3.8, 4) is 0 Å². The fraction of sp³-hybridized carbons (Fsp3) is 0.700. The third-order valence-corrected chi connectivity index (χ3v) is 7.37. The molecule has 0 amide bonds. The van der Waals surface area contributed by atoms with Gasteiger partial charge < -0.3 is 4.74 Å². The molecular weight excluding hydrogens is 288 g/mol. The van der Waals surface area contributed by atoms with E-state index < -0.39 is 0 Å². The maximum atomic E-state index is 12.5. The van der Waals surface area contributed by atoms with Gasteiger partial charge in [0.2, 0.25) is 0 Å². The second-order valence-corrected chi connectivity index (χ2v) is 8.72. The lowest BCUT2D eigenvalue weighted by Crippen LogP contribution is -2.54. The first-order valence-electron chi connectivity index (χ1n) is 8.90. The molecule has 4 atom stereocenters. The molecule has 0 N–H and O–H groups in total. The van der Waals surface area contributed by atoms with Crippen molar-refractivity contribution in [3.63, 3.8) is 0 Å². The minimum atomic E-state index is -0.225. The van der Waals surface area contributed by atoms with Crippen molar-refractivity contribution < 1.29 is 14.3 Å². The summed E-state index contributed by atoms with van der Waals surface area (Å²) in [4.78, 5) is 24.4. The highest BCUT2D eigenvalue weighted by molar-refractivity contribution is 5.92. The van der Waals surface area contributed by atoms with Crippen LogP contribution in [-0.2, 0) is 14.3 Å². The van der Waals surface area contributed by atoms with E-state index in [0.29, 0.717) is 24.0 Å². The maximum Gasteiger partial charge on any atom is 0.334 e. The number of rotatable bonds is 0. The number of ketones is 1. The standard InChI is InChI=1S/C20H26O3/c1-11-13-9-12-5-6-16-19(2,3)17(21)7-8-20(16,4)14(12)10-15(13)23-18(11)22/h9,14-16H,5-8,10H2,1-4H3/t14-,15-,16-,20+/m1/s1. The Bertz CT molecular complexity index is 666. The molecule has 2 saturated carbocycles. The van der Waals surface area contributed by atoms with Crippen LogP contribution in [0.2, 0.25) is 0 Å². The van der Waals surface area contributed by atoms with E-state index in [9.17, 15) is 9.59 Å². The van der Waals surface area contributed by atoms with Gasteiger partial charge in [-0.15, -0.1) is 0 Å². The van der Waals surface area contributed by atoms with Gasteiger partial charge in [0.25, 0.3) is 0 Å². The average molecular weight is 314 g/mol. The van der Waals surface area contributed by atoms with Gasteiger partial charge in [-0.2, -0.15) is 0 Å². The lowest BCUT2D eigenvalue weighted by molar-refractivity contribution is -0.147. The van der Waals surface area contributed by atoms with Crippen LogP contribution in [0.1, 0.15) is 59.8 Å². The van der Waals surface area contributed by atoms with Crippen molar-refractivity contribution in [2.45, 2.75) is 65.9 Å². The summed E-state index contributed by atoms with van der Waals surface area (Å²) in [7, 11) is 0. The van der Waals surface area contributed by atoms with E-state index in [2.05, 4.69) is 26.8 Å². The van der Waals surface area contributed by atoms with Crippen LogP contribution in [0.25, 0.3) is 0 Å². The van der Waals surface area contributed by atoms with Gasteiger partial charge in [-0.25, -0.2) is 4.79 Å². The van der Waals surface area contributed by atoms with Crippen LogP contribution in [0.15, 0.2) is 22.8 Å². The molecule has 0 bridgehead atoms. The Kier molecular flexibility index (Phi) is 3.02. The van der Waals surface area contributed by atoms with Gasteiger partial charge in [-0.1, -0.05) is 32.4 Å². The number of carbonyl (C=O) groups excluding carboxylic acids is 2. The van der Waals surface area contributed by atoms with Gasteiger partial charge in [0.05, 0.1) is 0 Å². The Morgan fingerprint density at radius 2 is 1.91 bits per heavy atom. The molecule has 0 aromatic rings. The van der Waals surface area contributed by atoms with E-state index in [4.69, 9.17) is 4.74 Å². The van der Waals surface area contributed by atoms with E-state index in [-0.39, 0.29) is 22.9 Å². The molecule has 4 rings (SSSR count). The molecule has 1 heterocycles. The van der Waals surface area contributed by atoms with Gasteiger partial charge in [0, 0.05) is 23.0 Å². The van der Waals surface area contributed by atoms with Gasteiger partial charge in [-0.3, -0.25) is 4.79 Å². The topological polar surface area (TPSA) is 43.4 Å². The first-order valence-corrected chi connectivity index (χ1v) is 8.90. The summed E-state index contributed by atoms with van der Waals surface area (Å²) >= 11 is 0. The summed E-state index contributed by atoms with van der Waals surface area (Å²) in [5.41, 5.74) is 3.30. The highest BCUT2D eigenvalue weighted by Crippen LogP contribution is 2.62. The van der Waals surface area contributed by atoms with E-state index in [1.165, 1.54) is 5.57 Å². The van der Waals surface area contributed by atoms with Gasteiger partial charge in [0.1, 0.15) is 11.9 Å². The van der Waals surface area contributed by atoms with Gasteiger partial charge >= 0.3 is 5.97 Å². The van der Waals surface area contributed by atoms with Crippen molar-refractivity contribution in [1.29, 1.82) is 0 Å². The van der Waals surface area contributed by atoms with Crippen LogP contribution in [-0.4, -0.2) is 17.9 Å². The monoisotopic (exact) mass is 314 g/mol. The zero-order valence-corrected chi connectivity index (χ0v) is 14.6. The molecule has 0 aromatic carbocycles. The largest absolute Gasteiger partial charge is 0.454 e. The first-order chi connectivity index (χ1) is 10.7. The molecule has 0 spiro atoms. The zero-order valence-electron chi connectivity index (χ0n) is 14.6. The number of allylic oxidation sites excluding steroid dienone is 1. The normalized spacial score (nSPS) is 41.7. The van der Waals surface area contributed by atoms with Gasteiger partial charge in [0.15, 0.2) is 0 Å². The van der Waals surface area contributed by atoms with Crippen LogP contribution < -0.4 is 0 Å². The highest BCUT2D eigenvalue weighted by atomic mass is 16.5. The molecule has 23 heavy (non-hydrogen) atoms. The second-order valence-electron chi connectivity index (χ2n) is 8.72. The van der Waals surface area contributed by atoms with Crippen LogP contribution in [0.4, 0.5) is 0 Å². The van der Waals surface area contributed by atoms with Crippen molar-refractivity contribution in [2.24, 2.45) is 22.7 Å². The van der Waals surface area contributed by atoms with Crippen LogP contribution in [0.3, 0.4) is 0 Å². The average Bonchev–Trinajstić information content (AvgIpc) is 2.77. The Balaban J connectivity index is 1.75. The van der Waals surface area contributed by atoms with Crippen LogP contribution >= 0.6 is 0 Å². The molecular formula is C20H26O3. The van der Waals surface area contributed by atoms with Crippen molar-refractivity contribution in [3.05, 3.63) is 22.8 Å². The summed E-state index contributed by atoms with van der Waals surface area (Å²) in [5.74, 6) is 1.15. The summed E-state index contributed by atoms with van der Waals surface area (Å²) in [5, 5.41) is 0. The van der Waals surface area contributed by atoms with E-state index in [0.717, 1.165) is 36.8 Å². The Labute approximate surface area is 138 Å². The number of carbonyl (C=O) groups is 2. The first kappa shape index (κ1) is 15.2. The molecule has 0 unspecified atom stereocenters. The van der Waals surface area contributed by atoms with E-state index >= 15 is 0 Å². The molecule has 124 valence electrons. The predicted octanol–water partition coefficient (Wildman–Crippen LogP) is 3.98. The quantitative estimate of drug-likeness (QED) is 0.635. The van der Waals surface area contributed by atoms with Gasteiger partial charge in [-0.05, 0) is 49.9 Å². The minimum Gasteiger partial charge on any atom is -0.454 e. The number of fused-ring (bicyclic) bond motifs is 4. The Hall–Kier alpha value is -1.38. The number of esters is 1. The molecule has 0 aromatic heterocycles. The van der Waals surface area contributed by atoms with Crippen molar-refractivity contribution in [1.82, 2.24) is 0 Å². The molecule has 3 heteroatoms. The number of hydrogen-bond acceptors (Lipinski definition) is 3. The van der Waals surface area contributed by atoms with Crippen LogP contribution in [0, 0.1) is 22.7 Å². The maximum absolute atomic E-state index is 12.5. The van der Waals surface area contributed by atoms with E-state index in [1.807, 2.05) is 6.92 Å². The lowest BCUT2D eigenvalue weighted by atomic mass is 9.46. The van der Waals surface area contributed by atoms with E-state index in [1.54, 1.807) is 0 Å². The third-order valence-electron chi connectivity index (χ3n) is 7.37. The predicted molar refractivity (Wildman–Crippen MR) is 87.6 cm³/mol. The fourth-order valence-electron chi connectivity index (χ4n) is 5.94. The SMILES string of the molecule is CC1=C2C=C3CC[C@@H]4C(C)(C)C(=O)CC[C@@]4(C)[C@@H]3C[C@H]2OC1=O. The van der Waals surface area contributed by atoms with Crippen molar-refractivity contribution >= 4 is 11.8 Å². The molecule has 0 saturated heterocycles. The molecule has 3 aliphatic carbocycles. The number of hydrogen-bond donors (Lipinski definition) is 0. The fourth-order valence-corrected chi connectivity index (χ4v) is 5.94. The molecule has 3 nitrogen and oxygen atoms in total. The Morgan fingerprint density at radius 1 is 1.17 bits per heavy atom. The zero-order chi connectivity index (χ0) is 16.6. The highest BCUT2D eigenvalue weighted by Gasteiger charge is 2.57. The number of ether oxygens (including phenoxy) is 1. The molecule has 1 aliphatic heterocycles. The summed E-state index contributed by atoms with van der Waals surface area (Å²) < 4.78 is 5.60. The molecule has 0 radical (unpaired) electrons. The third kappa shape index (κ3) is 1.88. The summed E-state index contributed by atoms with van der Waals surface area (Å²) in [6.45, 7) is 8.53. The second kappa shape index (κ2) is 4.58. The smallest absolute Gasteiger partial charge is 0.334 e. The Morgan fingerprint density at radius 3 is 2.65 bits per heavy atom.